The number of hydrogen-bond acceptors (Lipinski definition) is 5. The van der Waals surface area contributed by atoms with Gasteiger partial charge in [0.05, 0.1) is 25.2 Å². The molecule has 20 heavy (non-hydrogen) atoms. The van der Waals surface area contributed by atoms with Crippen LogP contribution in [0.5, 0.6) is 0 Å². The summed E-state index contributed by atoms with van der Waals surface area (Å²) in [5.41, 5.74) is 0. The van der Waals surface area contributed by atoms with Crippen molar-refractivity contribution in [2.24, 2.45) is 23.7 Å². The quantitative estimate of drug-likeness (QED) is 0.318. The van der Waals surface area contributed by atoms with Gasteiger partial charge in [0, 0.05) is 12.8 Å². The van der Waals surface area contributed by atoms with E-state index in [1.807, 2.05) is 0 Å². The van der Waals surface area contributed by atoms with Gasteiger partial charge in [-0.25, -0.2) is 0 Å². The molecule has 3 aliphatic rings. The minimum atomic E-state index is -0.165. The van der Waals surface area contributed by atoms with Gasteiger partial charge in [-0.1, -0.05) is 6.58 Å². The molecular formula is C15H20O5. The molecule has 3 rings (SSSR count). The fourth-order valence-electron chi connectivity index (χ4n) is 3.93. The Balaban J connectivity index is 1.45. The van der Waals surface area contributed by atoms with Crippen molar-refractivity contribution >= 4 is 11.8 Å². The molecule has 0 radical (unpaired) electrons. The monoisotopic (exact) mass is 280 g/mol. The molecule has 5 heteroatoms. The summed E-state index contributed by atoms with van der Waals surface area (Å²) < 4.78 is 16.2. The van der Waals surface area contributed by atoms with Gasteiger partial charge in [0.15, 0.2) is 11.5 Å². The Labute approximate surface area is 118 Å². The molecule has 1 aliphatic heterocycles. The highest BCUT2D eigenvalue weighted by Crippen LogP contribution is 2.55. The predicted molar refractivity (Wildman–Crippen MR) is 69.7 cm³/mol. The van der Waals surface area contributed by atoms with Gasteiger partial charge in [0.25, 0.3) is 0 Å². The number of cyclic esters (lactones) is 1. The second-order valence-electron chi connectivity index (χ2n) is 5.95. The summed E-state index contributed by atoms with van der Waals surface area (Å²) in [6.07, 6.45) is 2.22. The Morgan fingerprint density at radius 1 is 1.35 bits per heavy atom. The van der Waals surface area contributed by atoms with Crippen molar-refractivity contribution in [2.75, 3.05) is 19.8 Å². The molecule has 0 N–H and O–H groups in total. The maximum Gasteiger partial charge on any atom is 0.309 e. The molecule has 0 aromatic carbocycles. The third kappa shape index (κ3) is 2.24. The van der Waals surface area contributed by atoms with E-state index in [1.54, 1.807) is 0 Å². The van der Waals surface area contributed by atoms with Crippen molar-refractivity contribution < 1.29 is 23.8 Å². The molecule has 5 atom stereocenters. The molecule has 1 saturated heterocycles. The fourth-order valence-corrected chi connectivity index (χ4v) is 3.93. The topological polar surface area (TPSA) is 61.8 Å². The molecule has 0 amide bonds. The number of rotatable bonds is 6. The number of allylic oxidation sites excluding steroid dienone is 1. The summed E-state index contributed by atoms with van der Waals surface area (Å²) in [5, 5.41) is 0. The van der Waals surface area contributed by atoms with E-state index in [0.29, 0.717) is 37.6 Å². The van der Waals surface area contributed by atoms with E-state index in [1.165, 1.54) is 6.92 Å². The molecule has 5 unspecified atom stereocenters. The lowest BCUT2D eigenvalue weighted by Gasteiger charge is -2.28. The van der Waals surface area contributed by atoms with E-state index in [0.717, 1.165) is 12.8 Å². The van der Waals surface area contributed by atoms with Crippen LogP contribution in [0.4, 0.5) is 0 Å². The second kappa shape index (κ2) is 5.20. The van der Waals surface area contributed by atoms with Crippen molar-refractivity contribution in [1.82, 2.24) is 0 Å². The average Bonchev–Trinajstić information content (AvgIpc) is 3.07. The number of Topliss-reactive ketones (excluding diaryl/α,β-unsaturated/α-hetero) is 1. The van der Waals surface area contributed by atoms with Gasteiger partial charge >= 0.3 is 5.97 Å². The molecule has 0 aromatic rings. The third-order valence-corrected chi connectivity index (χ3v) is 4.89. The largest absolute Gasteiger partial charge is 0.488 e. The molecule has 3 fully saturated rings. The number of carbonyl (C=O) groups excluding carboxylic acids is 2. The van der Waals surface area contributed by atoms with Gasteiger partial charge in [0.2, 0.25) is 0 Å². The van der Waals surface area contributed by atoms with Crippen LogP contribution >= 0.6 is 0 Å². The third-order valence-electron chi connectivity index (χ3n) is 4.89. The van der Waals surface area contributed by atoms with E-state index in [-0.39, 0.29) is 29.5 Å². The minimum absolute atomic E-state index is 0.0444. The minimum Gasteiger partial charge on any atom is -0.488 e. The number of hydrogen-bond donors (Lipinski definition) is 0. The van der Waals surface area contributed by atoms with E-state index in [4.69, 9.17) is 14.2 Å². The lowest BCUT2D eigenvalue weighted by Crippen LogP contribution is -2.34. The van der Waals surface area contributed by atoms with E-state index >= 15 is 0 Å². The van der Waals surface area contributed by atoms with Gasteiger partial charge in [-0.15, -0.1) is 0 Å². The van der Waals surface area contributed by atoms with Crippen LogP contribution < -0.4 is 0 Å². The maximum absolute atomic E-state index is 11.7. The van der Waals surface area contributed by atoms with Gasteiger partial charge < -0.3 is 14.2 Å². The average molecular weight is 280 g/mol. The predicted octanol–water partition coefficient (Wildman–Crippen LogP) is 1.32. The summed E-state index contributed by atoms with van der Waals surface area (Å²) in [6, 6.07) is 0. The van der Waals surface area contributed by atoms with Crippen LogP contribution in [0.15, 0.2) is 12.3 Å². The lowest BCUT2D eigenvalue weighted by molar-refractivity contribution is -0.144. The second-order valence-corrected chi connectivity index (χ2v) is 5.95. The van der Waals surface area contributed by atoms with Crippen molar-refractivity contribution in [3.8, 4) is 0 Å². The zero-order valence-electron chi connectivity index (χ0n) is 11.7. The van der Waals surface area contributed by atoms with Crippen LogP contribution in [0.2, 0.25) is 0 Å². The molecule has 110 valence electrons. The SMILES string of the molecule is C=C(OCCOC1CC2CC1C1C(=O)OCC21)C(C)=O. The normalized spacial score (nSPS) is 37.6. The molecule has 0 aromatic heterocycles. The Hall–Kier alpha value is -1.36. The van der Waals surface area contributed by atoms with Crippen molar-refractivity contribution in [2.45, 2.75) is 25.9 Å². The van der Waals surface area contributed by atoms with Crippen molar-refractivity contribution in [3.63, 3.8) is 0 Å². The first-order valence-electron chi connectivity index (χ1n) is 7.19. The first kappa shape index (κ1) is 13.6. The van der Waals surface area contributed by atoms with E-state index in [9.17, 15) is 9.59 Å². The molecule has 2 saturated carbocycles. The van der Waals surface area contributed by atoms with Crippen LogP contribution in [0, 0.1) is 23.7 Å². The zero-order valence-corrected chi connectivity index (χ0v) is 11.7. The summed E-state index contributed by atoms with van der Waals surface area (Å²) in [4.78, 5) is 22.7. The maximum atomic E-state index is 11.7. The Kier molecular flexibility index (Phi) is 3.54. The molecule has 2 aliphatic carbocycles. The highest BCUT2D eigenvalue weighted by atomic mass is 16.5. The van der Waals surface area contributed by atoms with Gasteiger partial charge in [-0.3, -0.25) is 9.59 Å². The Bertz CT molecular complexity index is 444. The van der Waals surface area contributed by atoms with Gasteiger partial charge in [0.1, 0.15) is 6.61 Å². The summed E-state index contributed by atoms with van der Waals surface area (Å²) in [7, 11) is 0. The molecule has 1 heterocycles. The summed E-state index contributed by atoms with van der Waals surface area (Å²) in [5.74, 6) is 1.29. The Morgan fingerprint density at radius 2 is 2.15 bits per heavy atom. The van der Waals surface area contributed by atoms with Crippen LogP contribution in [0.25, 0.3) is 0 Å². The number of esters is 1. The molecule has 0 spiro atoms. The summed E-state index contributed by atoms with van der Waals surface area (Å²) >= 11 is 0. The van der Waals surface area contributed by atoms with Crippen LogP contribution in [0.1, 0.15) is 19.8 Å². The zero-order chi connectivity index (χ0) is 14.3. The molecule has 2 bridgehead atoms. The van der Waals surface area contributed by atoms with Gasteiger partial charge in [-0.2, -0.15) is 0 Å². The number of carbonyl (C=O) groups is 2. The van der Waals surface area contributed by atoms with Crippen molar-refractivity contribution in [1.29, 1.82) is 0 Å². The van der Waals surface area contributed by atoms with Gasteiger partial charge in [-0.05, 0) is 24.7 Å². The van der Waals surface area contributed by atoms with E-state index in [2.05, 4.69) is 6.58 Å². The van der Waals surface area contributed by atoms with Crippen molar-refractivity contribution in [3.05, 3.63) is 12.3 Å². The Morgan fingerprint density at radius 3 is 2.90 bits per heavy atom. The van der Waals surface area contributed by atoms with Crippen LogP contribution in [0.3, 0.4) is 0 Å². The van der Waals surface area contributed by atoms with E-state index < -0.39 is 0 Å². The number of ketones is 1. The standard InChI is InChI=1S/C15H20O5/c1-8(16)9(2)18-3-4-19-13-6-10-5-11(13)14-12(10)7-20-15(14)17/h10-14H,2-7H2,1H3. The highest BCUT2D eigenvalue weighted by Gasteiger charge is 2.59. The molecular weight excluding hydrogens is 260 g/mol. The smallest absolute Gasteiger partial charge is 0.309 e. The number of fused-ring (bicyclic) bond motifs is 5. The number of ether oxygens (including phenoxy) is 3. The molecule has 5 nitrogen and oxygen atoms in total. The first-order chi connectivity index (χ1) is 9.58. The van der Waals surface area contributed by atoms with Crippen LogP contribution in [-0.2, 0) is 23.8 Å². The lowest BCUT2D eigenvalue weighted by atomic mass is 9.80. The first-order valence-corrected chi connectivity index (χ1v) is 7.19. The van der Waals surface area contributed by atoms with Crippen LogP contribution in [-0.4, -0.2) is 37.7 Å². The highest BCUT2D eigenvalue weighted by molar-refractivity contribution is 5.90. The summed E-state index contributed by atoms with van der Waals surface area (Å²) in [6.45, 7) is 6.29. The fraction of sp³-hybridized carbons (Fsp3) is 0.733.